The minimum atomic E-state index is 0.196. The van der Waals surface area contributed by atoms with Crippen LogP contribution in [0, 0.1) is 0 Å². The summed E-state index contributed by atoms with van der Waals surface area (Å²) < 4.78 is 0. The Morgan fingerprint density at radius 2 is 1.86 bits per heavy atom. The van der Waals surface area contributed by atoms with E-state index in [1.165, 1.54) is 0 Å². The van der Waals surface area contributed by atoms with Crippen molar-refractivity contribution in [2.75, 3.05) is 20.1 Å². The third-order valence-corrected chi connectivity index (χ3v) is 1.63. The van der Waals surface area contributed by atoms with Crippen molar-refractivity contribution < 1.29 is 10.4 Å². The second-order valence-corrected chi connectivity index (χ2v) is 2.64. The summed E-state index contributed by atoms with van der Waals surface area (Å²) in [6.45, 7) is 1.29. The molecule has 0 rings (SSSR count). The maximum absolute atomic E-state index is 8.43. The largest absolute Gasteiger partial charge is 0.409 e. The lowest BCUT2D eigenvalue weighted by atomic mass is 10.3. The van der Waals surface area contributed by atoms with Crippen LogP contribution < -0.4 is 16.4 Å². The SMILES string of the molecule is CN/C(CCNCC/C(N)=N/O)=N\O. The second kappa shape index (κ2) is 8.11. The van der Waals surface area contributed by atoms with Gasteiger partial charge in [-0.15, -0.1) is 0 Å². The Kier molecular flexibility index (Phi) is 7.24. The summed E-state index contributed by atoms with van der Waals surface area (Å²) in [5.74, 6) is 0.712. The van der Waals surface area contributed by atoms with Crippen molar-refractivity contribution >= 4 is 11.7 Å². The number of oxime groups is 2. The molecule has 0 saturated heterocycles. The normalized spacial score (nSPS) is 12.9. The van der Waals surface area contributed by atoms with E-state index in [0.29, 0.717) is 31.8 Å². The van der Waals surface area contributed by atoms with E-state index in [-0.39, 0.29) is 5.84 Å². The molecule has 7 heteroatoms. The van der Waals surface area contributed by atoms with Crippen molar-refractivity contribution in [3.63, 3.8) is 0 Å². The molecule has 0 bridgehead atoms. The summed E-state index contributed by atoms with van der Waals surface area (Å²) in [6.07, 6.45) is 1.09. The number of nitrogens with one attached hydrogen (secondary N) is 2. The molecule has 0 aromatic carbocycles. The van der Waals surface area contributed by atoms with Crippen LogP contribution in [-0.2, 0) is 0 Å². The van der Waals surface area contributed by atoms with Crippen LogP contribution in [-0.4, -0.2) is 42.2 Å². The summed E-state index contributed by atoms with van der Waals surface area (Å²) in [4.78, 5) is 0. The first-order valence-electron chi connectivity index (χ1n) is 4.30. The van der Waals surface area contributed by atoms with E-state index < -0.39 is 0 Å². The fourth-order valence-electron chi connectivity index (χ4n) is 0.823. The van der Waals surface area contributed by atoms with Gasteiger partial charge in [-0.05, 0) is 0 Å². The van der Waals surface area contributed by atoms with Gasteiger partial charge in [-0.1, -0.05) is 10.3 Å². The number of amidine groups is 2. The van der Waals surface area contributed by atoms with Gasteiger partial charge in [-0.25, -0.2) is 0 Å². The zero-order chi connectivity index (χ0) is 10.8. The molecule has 0 radical (unpaired) electrons. The molecule has 0 heterocycles. The lowest BCUT2D eigenvalue weighted by molar-refractivity contribution is 0.315. The molecule has 0 atom stereocenters. The van der Waals surface area contributed by atoms with Crippen molar-refractivity contribution in [1.29, 1.82) is 0 Å². The second-order valence-electron chi connectivity index (χ2n) is 2.64. The number of nitrogens with two attached hydrogens (primary N) is 1. The Bertz CT molecular complexity index is 204. The summed E-state index contributed by atoms with van der Waals surface area (Å²) in [5, 5.41) is 28.3. The zero-order valence-electron chi connectivity index (χ0n) is 8.19. The molecule has 0 aromatic rings. The Labute approximate surface area is 82.7 Å². The molecule has 0 aliphatic carbocycles. The van der Waals surface area contributed by atoms with Gasteiger partial charge in [-0.2, -0.15) is 0 Å². The summed E-state index contributed by atoms with van der Waals surface area (Å²) >= 11 is 0. The average molecular weight is 203 g/mol. The van der Waals surface area contributed by atoms with Gasteiger partial charge in [0.15, 0.2) is 0 Å². The van der Waals surface area contributed by atoms with E-state index in [0.717, 1.165) is 0 Å². The number of rotatable bonds is 6. The summed E-state index contributed by atoms with van der Waals surface area (Å²) in [6, 6.07) is 0. The van der Waals surface area contributed by atoms with Crippen molar-refractivity contribution in [2.45, 2.75) is 12.8 Å². The predicted molar refractivity (Wildman–Crippen MR) is 53.8 cm³/mol. The molecule has 0 spiro atoms. The van der Waals surface area contributed by atoms with E-state index in [9.17, 15) is 0 Å². The lowest BCUT2D eigenvalue weighted by Gasteiger charge is -2.04. The van der Waals surface area contributed by atoms with Gasteiger partial charge >= 0.3 is 0 Å². The van der Waals surface area contributed by atoms with Gasteiger partial charge in [0.05, 0.1) is 0 Å². The van der Waals surface area contributed by atoms with Crippen LogP contribution in [0.1, 0.15) is 12.8 Å². The monoisotopic (exact) mass is 203 g/mol. The minimum Gasteiger partial charge on any atom is -0.409 e. The van der Waals surface area contributed by atoms with Crippen LogP contribution in [0.3, 0.4) is 0 Å². The number of hydrogen-bond donors (Lipinski definition) is 5. The van der Waals surface area contributed by atoms with E-state index in [1.807, 2.05) is 0 Å². The van der Waals surface area contributed by atoms with Crippen LogP contribution in [0.25, 0.3) is 0 Å². The Morgan fingerprint density at radius 1 is 1.21 bits per heavy atom. The quantitative estimate of drug-likeness (QED) is 0.126. The predicted octanol–water partition coefficient (Wildman–Crippen LogP) is -0.890. The van der Waals surface area contributed by atoms with E-state index in [1.54, 1.807) is 7.05 Å². The maximum atomic E-state index is 8.43. The zero-order valence-corrected chi connectivity index (χ0v) is 8.19. The van der Waals surface area contributed by atoms with Crippen molar-refractivity contribution in [3.05, 3.63) is 0 Å². The fraction of sp³-hybridized carbons (Fsp3) is 0.714. The van der Waals surface area contributed by atoms with Crippen molar-refractivity contribution in [3.8, 4) is 0 Å². The first kappa shape index (κ1) is 12.5. The first-order valence-corrected chi connectivity index (χ1v) is 4.30. The third kappa shape index (κ3) is 6.06. The van der Waals surface area contributed by atoms with Crippen LogP contribution in [0.2, 0.25) is 0 Å². The molecule has 0 fully saturated rings. The molecule has 0 amide bonds. The lowest BCUT2D eigenvalue weighted by Crippen LogP contribution is -2.27. The van der Waals surface area contributed by atoms with Gasteiger partial charge in [0.2, 0.25) is 0 Å². The molecule has 0 aromatic heterocycles. The molecule has 7 nitrogen and oxygen atoms in total. The molecular weight excluding hydrogens is 186 g/mol. The number of nitrogens with zero attached hydrogens (tertiary/aromatic N) is 2. The summed E-state index contributed by atoms with van der Waals surface area (Å²) in [7, 11) is 1.69. The third-order valence-electron chi connectivity index (χ3n) is 1.63. The van der Waals surface area contributed by atoms with Crippen molar-refractivity contribution in [1.82, 2.24) is 10.6 Å². The molecule has 82 valence electrons. The van der Waals surface area contributed by atoms with Crippen LogP contribution in [0.15, 0.2) is 10.3 Å². The maximum Gasteiger partial charge on any atom is 0.142 e. The fourth-order valence-corrected chi connectivity index (χ4v) is 0.823. The highest BCUT2D eigenvalue weighted by molar-refractivity contribution is 5.81. The standard InChI is InChI=1S/C7H17N5O2/c1-9-7(12-14)3-5-10-4-2-6(8)11-13/h10,13-14H,2-5H2,1H3,(H2,8,11)(H,9,12). The highest BCUT2D eigenvalue weighted by Crippen LogP contribution is 1.81. The molecule has 14 heavy (non-hydrogen) atoms. The molecular formula is C7H17N5O2. The Hall–Kier alpha value is -1.50. The van der Waals surface area contributed by atoms with Gasteiger partial charge in [-0.3, -0.25) is 0 Å². The molecule has 0 aliphatic rings. The van der Waals surface area contributed by atoms with Crippen LogP contribution in [0.5, 0.6) is 0 Å². The van der Waals surface area contributed by atoms with Crippen LogP contribution >= 0.6 is 0 Å². The van der Waals surface area contributed by atoms with E-state index >= 15 is 0 Å². The summed E-state index contributed by atoms with van der Waals surface area (Å²) in [5.41, 5.74) is 5.25. The highest BCUT2D eigenvalue weighted by Gasteiger charge is 1.96. The van der Waals surface area contributed by atoms with Crippen LogP contribution in [0.4, 0.5) is 0 Å². The van der Waals surface area contributed by atoms with E-state index in [4.69, 9.17) is 16.1 Å². The smallest absolute Gasteiger partial charge is 0.142 e. The van der Waals surface area contributed by atoms with Crippen molar-refractivity contribution in [2.24, 2.45) is 16.0 Å². The average Bonchev–Trinajstić information content (AvgIpc) is 2.23. The molecule has 6 N–H and O–H groups in total. The first-order chi connectivity index (χ1) is 6.74. The van der Waals surface area contributed by atoms with Gasteiger partial charge in [0.25, 0.3) is 0 Å². The minimum absolute atomic E-state index is 0.196. The Morgan fingerprint density at radius 3 is 2.36 bits per heavy atom. The highest BCUT2D eigenvalue weighted by atomic mass is 16.4. The molecule has 0 saturated carbocycles. The molecule has 0 unspecified atom stereocenters. The van der Waals surface area contributed by atoms with Gasteiger partial charge < -0.3 is 26.8 Å². The molecule has 0 aliphatic heterocycles. The number of hydrogen-bond acceptors (Lipinski definition) is 5. The Balaban J connectivity index is 3.38. The van der Waals surface area contributed by atoms with E-state index in [2.05, 4.69) is 20.9 Å². The topological polar surface area (TPSA) is 115 Å². The van der Waals surface area contributed by atoms with Gasteiger partial charge in [0.1, 0.15) is 11.7 Å². The van der Waals surface area contributed by atoms with Gasteiger partial charge in [0, 0.05) is 33.0 Å².